The molecule has 2 heterocycles. The number of rotatable bonds is 3. The Kier molecular flexibility index (Phi) is 4.32. The minimum absolute atomic E-state index is 0.00666. The molecule has 2 rings (SSSR count). The third-order valence-electron chi connectivity index (χ3n) is 3.44. The molecule has 0 radical (unpaired) electrons. The third kappa shape index (κ3) is 3.72. The number of hydrogen-bond acceptors (Lipinski definition) is 3. The Morgan fingerprint density at radius 3 is 2.75 bits per heavy atom. The predicted molar refractivity (Wildman–Crippen MR) is 65.9 cm³/mol. The van der Waals surface area contributed by atoms with Gasteiger partial charge in [-0.05, 0) is 26.0 Å². The lowest BCUT2D eigenvalue weighted by Crippen LogP contribution is -2.55. The van der Waals surface area contributed by atoms with Gasteiger partial charge in [-0.3, -0.25) is 14.4 Å². The lowest BCUT2D eigenvalue weighted by Gasteiger charge is -2.38. The van der Waals surface area contributed by atoms with E-state index in [2.05, 4.69) is 10.4 Å². The van der Waals surface area contributed by atoms with Crippen LogP contribution in [0.4, 0.5) is 13.2 Å². The van der Waals surface area contributed by atoms with E-state index in [-0.39, 0.29) is 31.5 Å². The summed E-state index contributed by atoms with van der Waals surface area (Å²) in [4.78, 5) is 13.0. The van der Waals surface area contributed by atoms with Crippen LogP contribution in [-0.2, 0) is 11.3 Å². The average Bonchev–Trinajstić information content (AvgIpc) is 2.79. The van der Waals surface area contributed by atoms with Crippen molar-refractivity contribution in [3.8, 4) is 0 Å². The second-order valence-corrected chi connectivity index (χ2v) is 5.04. The van der Waals surface area contributed by atoms with Gasteiger partial charge in [-0.1, -0.05) is 0 Å². The highest BCUT2D eigenvalue weighted by atomic mass is 19.4. The summed E-state index contributed by atoms with van der Waals surface area (Å²) in [5, 5.41) is 6.66. The number of alkyl halides is 3. The maximum atomic E-state index is 12.7. The van der Waals surface area contributed by atoms with Crippen molar-refractivity contribution in [1.82, 2.24) is 20.0 Å². The van der Waals surface area contributed by atoms with Crippen molar-refractivity contribution in [2.24, 2.45) is 0 Å². The Labute approximate surface area is 114 Å². The number of nitrogens with zero attached hydrogens (tertiary/aromatic N) is 3. The lowest BCUT2D eigenvalue weighted by molar-refractivity contribution is -0.188. The molecule has 1 fully saturated rings. The van der Waals surface area contributed by atoms with Crippen molar-refractivity contribution in [2.75, 3.05) is 13.6 Å². The molecular formula is C12H17F3N4O. The van der Waals surface area contributed by atoms with Crippen LogP contribution in [0.15, 0.2) is 18.5 Å². The van der Waals surface area contributed by atoms with Crippen molar-refractivity contribution in [1.29, 1.82) is 0 Å². The van der Waals surface area contributed by atoms with E-state index in [0.717, 1.165) is 0 Å². The first-order valence-corrected chi connectivity index (χ1v) is 6.40. The maximum absolute atomic E-state index is 12.7. The zero-order valence-corrected chi connectivity index (χ0v) is 11.1. The van der Waals surface area contributed by atoms with Crippen molar-refractivity contribution in [3.63, 3.8) is 0 Å². The molecule has 2 atom stereocenters. The molecule has 5 nitrogen and oxygen atoms in total. The lowest BCUT2D eigenvalue weighted by atomic mass is 9.98. The minimum atomic E-state index is -4.21. The number of carbonyl (C=O) groups excluding carboxylic acids is 1. The summed E-state index contributed by atoms with van der Waals surface area (Å²) in [6.45, 7) is 0.283. The Balaban J connectivity index is 1.82. The van der Waals surface area contributed by atoms with Gasteiger partial charge in [0.25, 0.3) is 0 Å². The van der Waals surface area contributed by atoms with Gasteiger partial charge >= 0.3 is 6.18 Å². The third-order valence-corrected chi connectivity index (χ3v) is 3.44. The van der Waals surface area contributed by atoms with Crippen molar-refractivity contribution < 1.29 is 18.0 Å². The van der Waals surface area contributed by atoms with Crippen LogP contribution >= 0.6 is 0 Å². The molecule has 0 aliphatic carbocycles. The monoisotopic (exact) mass is 290 g/mol. The van der Waals surface area contributed by atoms with E-state index in [0.29, 0.717) is 6.42 Å². The van der Waals surface area contributed by atoms with E-state index in [1.165, 1.54) is 16.6 Å². The first-order valence-electron chi connectivity index (χ1n) is 6.40. The minimum Gasteiger partial charge on any atom is -0.350 e. The number of piperidine rings is 1. The van der Waals surface area contributed by atoms with Gasteiger partial charge in [-0.15, -0.1) is 0 Å². The van der Waals surface area contributed by atoms with Crippen LogP contribution in [0.5, 0.6) is 0 Å². The quantitative estimate of drug-likeness (QED) is 0.904. The number of hydrogen-bond donors (Lipinski definition) is 1. The SMILES string of the molecule is CN1C[C@H](NC(=O)Cn2cccn2)CC[C@@H]1C(F)(F)F. The number of carbonyl (C=O) groups is 1. The van der Waals surface area contributed by atoms with E-state index < -0.39 is 12.2 Å². The molecule has 1 aromatic rings. The zero-order chi connectivity index (χ0) is 14.8. The zero-order valence-electron chi connectivity index (χ0n) is 11.1. The first-order chi connectivity index (χ1) is 9.36. The smallest absolute Gasteiger partial charge is 0.350 e. The molecule has 1 N–H and O–H groups in total. The summed E-state index contributed by atoms with van der Waals surface area (Å²) in [5.74, 6) is -0.238. The summed E-state index contributed by atoms with van der Waals surface area (Å²) < 4.78 is 39.6. The highest BCUT2D eigenvalue weighted by Crippen LogP contribution is 2.30. The van der Waals surface area contributed by atoms with Gasteiger partial charge < -0.3 is 5.32 Å². The number of likely N-dealkylation sites (N-methyl/N-ethyl adjacent to an activating group) is 1. The Hall–Kier alpha value is -1.57. The molecule has 0 aromatic carbocycles. The van der Waals surface area contributed by atoms with Crippen molar-refractivity contribution >= 4 is 5.91 Å². The fourth-order valence-electron chi connectivity index (χ4n) is 2.49. The summed E-state index contributed by atoms with van der Waals surface area (Å²) in [5.41, 5.74) is 0. The largest absolute Gasteiger partial charge is 0.404 e. The van der Waals surface area contributed by atoms with Crippen molar-refractivity contribution in [2.45, 2.75) is 37.6 Å². The molecule has 8 heteroatoms. The molecule has 112 valence electrons. The highest BCUT2D eigenvalue weighted by molar-refractivity contribution is 5.75. The molecule has 0 bridgehead atoms. The molecule has 0 unspecified atom stereocenters. The molecule has 1 aliphatic heterocycles. The van der Waals surface area contributed by atoms with Gasteiger partial charge in [-0.25, -0.2) is 0 Å². The molecule has 1 amide bonds. The summed E-state index contributed by atoms with van der Waals surface area (Å²) in [6, 6.07) is 0.0405. The van der Waals surface area contributed by atoms with E-state index in [4.69, 9.17) is 0 Å². The van der Waals surface area contributed by atoms with Crippen molar-refractivity contribution in [3.05, 3.63) is 18.5 Å². The summed E-state index contributed by atoms with van der Waals surface area (Å²) >= 11 is 0. The topological polar surface area (TPSA) is 50.2 Å². The molecule has 1 aromatic heterocycles. The van der Waals surface area contributed by atoms with Crippen LogP contribution in [0.3, 0.4) is 0 Å². The maximum Gasteiger partial charge on any atom is 0.404 e. The van der Waals surface area contributed by atoms with E-state index in [1.807, 2.05) is 0 Å². The first kappa shape index (κ1) is 14.8. The van der Waals surface area contributed by atoms with Gasteiger partial charge in [0, 0.05) is 25.0 Å². The van der Waals surface area contributed by atoms with Crippen LogP contribution in [0, 0.1) is 0 Å². The molecule has 1 aliphatic rings. The average molecular weight is 290 g/mol. The van der Waals surface area contributed by atoms with Crippen LogP contribution in [0.2, 0.25) is 0 Å². The summed E-state index contributed by atoms with van der Waals surface area (Å²) in [6.07, 6.45) is -0.646. The van der Waals surface area contributed by atoms with Crippen LogP contribution in [0.25, 0.3) is 0 Å². The standard InChI is InChI=1S/C12H17F3N4O/c1-18-7-9(3-4-10(18)12(13,14)15)17-11(20)8-19-6-2-5-16-19/h2,5-6,9-10H,3-4,7-8H2,1H3,(H,17,20)/t9-,10-/m1/s1. The van der Waals surface area contributed by atoms with Gasteiger partial charge in [0.15, 0.2) is 0 Å². The number of aromatic nitrogens is 2. The number of amides is 1. The molecule has 0 spiro atoms. The van der Waals surface area contributed by atoms with E-state index >= 15 is 0 Å². The molecule has 0 saturated carbocycles. The second-order valence-electron chi connectivity index (χ2n) is 5.04. The fourth-order valence-corrected chi connectivity index (χ4v) is 2.49. The molecular weight excluding hydrogens is 273 g/mol. The summed E-state index contributed by atoms with van der Waals surface area (Å²) in [7, 11) is 1.43. The van der Waals surface area contributed by atoms with Gasteiger partial charge in [0.1, 0.15) is 12.6 Å². The van der Waals surface area contributed by atoms with Crippen LogP contribution in [0.1, 0.15) is 12.8 Å². The Morgan fingerprint density at radius 1 is 1.45 bits per heavy atom. The normalized spacial score (nSPS) is 24.6. The van der Waals surface area contributed by atoms with Gasteiger partial charge in [-0.2, -0.15) is 18.3 Å². The van der Waals surface area contributed by atoms with E-state index in [1.54, 1.807) is 18.5 Å². The fraction of sp³-hybridized carbons (Fsp3) is 0.667. The van der Waals surface area contributed by atoms with Gasteiger partial charge in [0.05, 0.1) is 0 Å². The van der Waals surface area contributed by atoms with Gasteiger partial charge in [0.2, 0.25) is 5.91 Å². The van der Waals surface area contributed by atoms with Crippen LogP contribution < -0.4 is 5.32 Å². The second kappa shape index (κ2) is 5.82. The Morgan fingerprint density at radius 2 is 2.20 bits per heavy atom. The predicted octanol–water partition coefficient (Wildman–Crippen LogP) is 1.02. The molecule has 20 heavy (non-hydrogen) atoms. The molecule has 1 saturated heterocycles. The Bertz CT molecular complexity index is 446. The number of halogens is 3. The van der Waals surface area contributed by atoms with E-state index in [9.17, 15) is 18.0 Å². The highest BCUT2D eigenvalue weighted by Gasteiger charge is 2.44. The number of likely N-dealkylation sites (tertiary alicyclic amines) is 1. The number of nitrogens with one attached hydrogen (secondary N) is 1. The van der Waals surface area contributed by atoms with Crippen LogP contribution in [-0.4, -0.2) is 52.4 Å².